The Morgan fingerprint density at radius 2 is 1.77 bits per heavy atom. The molecule has 1 saturated heterocycles. The Morgan fingerprint density at radius 3 is 2.42 bits per heavy atom. The summed E-state index contributed by atoms with van der Waals surface area (Å²) in [7, 11) is 1.73. The van der Waals surface area contributed by atoms with Crippen LogP contribution in [0.2, 0.25) is 0 Å². The summed E-state index contributed by atoms with van der Waals surface area (Å²) in [5, 5.41) is 8.98. The Morgan fingerprint density at radius 1 is 1.04 bits per heavy atom. The zero-order chi connectivity index (χ0) is 18.4. The van der Waals surface area contributed by atoms with Crippen molar-refractivity contribution < 1.29 is 4.74 Å². The van der Waals surface area contributed by atoms with Crippen LogP contribution in [0.5, 0.6) is 0 Å². The van der Waals surface area contributed by atoms with Crippen LogP contribution in [-0.2, 0) is 17.9 Å². The second-order valence-corrected chi connectivity index (χ2v) is 7.75. The van der Waals surface area contributed by atoms with E-state index in [1.165, 1.54) is 22.3 Å². The van der Waals surface area contributed by atoms with Crippen molar-refractivity contribution in [3.8, 4) is 17.2 Å². The molecular formula is C23H28N2O. The van der Waals surface area contributed by atoms with E-state index in [9.17, 15) is 0 Å². The first-order chi connectivity index (χ1) is 12.6. The summed E-state index contributed by atoms with van der Waals surface area (Å²) in [6.07, 6.45) is 2.91. The summed E-state index contributed by atoms with van der Waals surface area (Å²) >= 11 is 0. The van der Waals surface area contributed by atoms with Crippen molar-refractivity contribution in [1.29, 1.82) is 5.26 Å². The molecule has 0 atom stereocenters. The first-order valence-corrected chi connectivity index (χ1v) is 9.38. The summed E-state index contributed by atoms with van der Waals surface area (Å²) in [5.74, 6) is 0. The summed E-state index contributed by atoms with van der Waals surface area (Å²) < 4.78 is 5.23. The molecule has 0 bridgehead atoms. The Bertz CT molecular complexity index is 753. The van der Waals surface area contributed by atoms with E-state index < -0.39 is 0 Å². The molecule has 3 heteroatoms. The van der Waals surface area contributed by atoms with Crippen LogP contribution in [0, 0.1) is 16.7 Å². The lowest BCUT2D eigenvalue weighted by Crippen LogP contribution is -2.38. The zero-order valence-corrected chi connectivity index (χ0v) is 15.9. The summed E-state index contributed by atoms with van der Waals surface area (Å²) in [6, 6.07) is 19.8. The number of nitriles is 1. The van der Waals surface area contributed by atoms with Crippen molar-refractivity contribution in [2.24, 2.45) is 5.41 Å². The van der Waals surface area contributed by atoms with E-state index in [1.807, 2.05) is 0 Å². The minimum Gasteiger partial charge on any atom is -0.380 e. The predicted octanol–water partition coefficient (Wildman–Crippen LogP) is 5.02. The van der Waals surface area contributed by atoms with Crippen LogP contribution in [0.3, 0.4) is 0 Å². The molecule has 26 heavy (non-hydrogen) atoms. The molecule has 0 amide bonds. The average molecular weight is 348 g/mol. The van der Waals surface area contributed by atoms with Crippen LogP contribution in [0.25, 0.3) is 11.1 Å². The summed E-state index contributed by atoms with van der Waals surface area (Å²) in [4.78, 5) is 2.51. The predicted molar refractivity (Wildman–Crippen MR) is 105 cm³/mol. The van der Waals surface area contributed by atoms with Gasteiger partial charge in [-0.3, -0.25) is 4.90 Å². The maximum atomic E-state index is 8.98. The molecule has 0 unspecified atom stereocenters. The summed E-state index contributed by atoms with van der Waals surface area (Å²) in [6.45, 7) is 6.05. The van der Waals surface area contributed by atoms with Gasteiger partial charge in [-0.2, -0.15) is 5.26 Å². The number of piperidine rings is 1. The van der Waals surface area contributed by atoms with Crippen LogP contribution in [0.4, 0.5) is 0 Å². The number of benzene rings is 2. The number of nitrogens with zero attached hydrogens (tertiary/aromatic N) is 2. The smallest absolute Gasteiger partial charge is 0.0713 e. The van der Waals surface area contributed by atoms with Crippen LogP contribution in [0.1, 0.15) is 37.3 Å². The number of hydrogen-bond acceptors (Lipinski definition) is 3. The van der Waals surface area contributed by atoms with Gasteiger partial charge >= 0.3 is 0 Å². The molecule has 1 heterocycles. The maximum Gasteiger partial charge on any atom is 0.0713 e. The number of rotatable bonds is 6. The number of methoxy groups -OCH3 is 1. The van der Waals surface area contributed by atoms with E-state index in [0.717, 1.165) is 32.5 Å². The first-order valence-electron chi connectivity index (χ1n) is 9.38. The highest BCUT2D eigenvalue weighted by molar-refractivity contribution is 5.64. The quantitative estimate of drug-likeness (QED) is 0.736. The van der Waals surface area contributed by atoms with E-state index >= 15 is 0 Å². The molecule has 0 aromatic heterocycles. The third-order valence-electron chi connectivity index (χ3n) is 5.50. The normalized spacial score (nSPS) is 17.0. The molecule has 3 rings (SSSR count). The zero-order valence-electron chi connectivity index (χ0n) is 15.9. The fourth-order valence-corrected chi connectivity index (χ4v) is 3.69. The molecular weight excluding hydrogens is 320 g/mol. The lowest BCUT2D eigenvalue weighted by molar-refractivity contribution is 0.116. The molecule has 3 nitrogen and oxygen atoms in total. The third kappa shape index (κ3) is 4.72. The van der Waals surface area contributed by atoms with Crippen molar-refractivity contribution in [3.05, 3.63) is 59.7 Å². The Labute approximate surface area is 157 Å². The Balaban J connectivity index is 1.60. The fourth-order valence-electron chi connectivity index (χ4n) is 3.69. The van der Waals surface area contributed by atoms with Gasteiger partial charge in [-0.1, -0.05) is 49.4 Å². The van der Waals surface area contributed by atoms with E-state index in [1.54, 1.807) is 7.11 Å². The molecule has 1 fully saturated rings. The van der Waals surface area contributed by atoms with E-state index in [4.69, 9.17) is 10.00 Å². The highest BCUT2D eigenvalue weighted by atomic mass is 16.5. The molecule has 1 aliphatic heterocycles. The largest absolute Gasteiger partial charge is 0.380 e. The van der Waals surface area contributed by atoms with E-state index in [-0.39, 0.29) is 5.41 Å². The van der Waals surface area contributed by atoms with Gasteiger partial charge in [0.05, 0.1) is 12.7 Å². The van der Waals surface area contributed by atoms with Crippen LogP contribution in [-0.4, -0.2) is 25.1 Å². The van der Waals surface area contributed by atoms with Crippen molar-refractivity contribution in [2.45, 2.75) is 39.3 Å². The molecule has 0 N–H and O–H groups in total. The fraction of sp³-hybridized carbons (Fsp3) is 0.435. The van der Waals surface area contributed by atoms with Gasteiger partial charge in [0.2, 0.25) is 0 Å². The second kappa shape index (κ2) is 8.49. The molecule has 0 radical (unpaired) electrons. The molecule has 2 aromatic rings. The third-order valence-corrected chi connectivity index (χ3v) is 5.50. The lowest BCUT2D eigenvalue weighted by Gasteiger charge is -2.38. The van der Waals surface area contributed by atoms with E-state index in [0.29, 0.717) is 13.0 Å². The Kier molecular flexibility index (Phi) is 6.08. The molecule has 2 aromatic carbocycles. The summed E-state index contributed by atoms with van der Waals surface area (Å²) in [5.41, 5.74) is 5.24. The van der Waals surface area contributed by atoms with Gasteiger partial charge in [0.25, 0.3) is 0 Å². The molecule has 0 saturated carbocycles. The molecule has 1 aliphatic rings. The molecule has 0 aliphatic carbocycles. The highest BCUT2D eigenvalue weighted by Gasteiger charge is 2.29. The molecule has 0 spiro atoms. The van der Waals surface area contributed by atoms with Gasteiger partial charge in [-0.25, -0.2) is 0 Å². The van der Waals surface area contributed by atoms with E-state index in [2.05, 4.69) is 66.4 Å². The van der Waals surface area contributed by atoms with Crippen molar-refractivity contribution in [1.82, 2.24) is 4.90 Å². The van der Waals surface area contributed by atoms with Crippen LogP contribution >= 0.6 is 0 Å². The first kappa shape index (κ1) is 18.6. The number of ether oxygens (including phenoxy) is 1. The van der Waals surface area contributed by atoms with Crippen molar-refractivity contribution in [3.63, 3.8) is 0 Å². The second-order valence-electron chi connectivity index (χ2n) is 7.75. The van der Waals surface area contributed by atoms with Crippen molar-refractivity contribution in [2.75, 3.05) is 20.2 Å². The monoisotopic (exact) mass is 348 g/mol. The van der Waals surface area contributed by atoms with Gasteiger partial charge < -0.3 is 4.74 Å². The number of likely N-dealkylation sites (tertiary alicyclic amines) is 1. The minimum atomic E-state index is 0.211. The molecule has 136 valence electrons. The van der Waals surface area contributed by atoms with Crippen LogP contribution < -0.4 is 0 Å². The highest BCUT2D eigenvalue weighted by Crippen LogP contribution is 2.34. The maximum absolute atomic E-state index is 8.98. The SMILES string of the molecule is COCc1cccc(-c2ccc(CN3CCC(C)(CC#N)CC3)cc2)c1. The van der Waals surface area contributed by atoms with Gasteiger partial charge in [0, 0.05) is 20.1 Å². The topological polar surface area (TPSA) is 36.3 Å². The standard InChI is InChI=1S/C23H28N2O/c1-23(10-13-24)11-14-25(15-12-23)17-19-6-8-21(9-7-19)22-5-3-4-20(16-22)18-26-2/h3-9,16H,10-12,14-15,17-18H2,1-2H3. The lowest BCUT2D eigenvalue weighted by atomic mass is 9.78. The van der Waals surface area contributed by atoms with Gasteiger partial charge in [-0.15, -0.1) is 0 Å². The number of hydrogen-bond donors (Lipinski definition) is 0. The van der Waals surface area contributed by atoms with Crippen LogP contribution in [0.15, 0.2) is 48.5 Å². The van der Waals surface area contributed by atoms with Gasteiger partial charge in [-0.05, 0) is 59.7 Å². The average Bonchev–Trinajstić information content (AvgIpc) is 2.65. The van der Waals surface area contributed by atoms with Gasteiger partial charge in [0.1, 0.15) is 0 Å². The minimum absolute atomic E-state index is 0.211. The Hall–Kier alpha value is -2.15. The van der Waals surface area contributed by atoms with Gasteiger partial charge in [0.15, 0.2) is 0 Å². The van der Waals surface area contributed by atoms with Crippen molar-refractivity contribution >= 4 is 0 Å².